The topological polar surface area (TPSA) is 79.5 Å². The molecule has 1 amide bonds. The van der Waals surface area contributed by atoms with E-state index in [2.05, 4.69) is 15.3 Å². The van der Waals surface area contributed by atoms with Crippen molar-refractivity contribution in [1.82, 2.24) is 19.7 Å². The number of hydrogen-bond acceptors (Lipinski definition) is 4. The second kappa shape index (κ2) is 5.79. The third kappa shape index (κ3) is 3.29. The number of aliphatic hydroxyl groups is 1. The molecule has 2 N–H and O–H groups in total. The maximum Gasteiger partial charge on any atom is 0.271 e. The predicted molar refractivity (Wildman–Crippen MR) is 70.8 cm³/mol. The van der Waals surface area contributed by atoms with Crippen LogP contribution in [0.1, 0.15) is 30.8 Å². The van der Waals surface area contributed by atoms with Crippen LogP contribution in [0, 0.1) is 5.92 Å². The van der Waals surface area contributed by atoms with Crippen LogP contribution in [0.25, 0.3) is 5.78 Å². The molecule has 0 aliphatic carbocycles. The summed E-state index contributed by atoms with van der Waals surface area (Å²) in [7, 11) is 0. The summed E-state index contributed by atoms with van der Waals surface area (Å²) in [5.74, 6) is 0.599. The zero-order valence-corrected chi connectivity index (χ0v) is 11.1. The molecule has 6 nitrogen and oxygen atoms in total. The Labute approximate surface area is 111 Å². The summed E-state index contributed by atoms with van der Waals surface area (Å²) in [6.45, 7) is 4.02. The van der Waals surface area contributed by atoms with Crippen LogP contribution in [0.15, 0.2) is 24.7 Å². The molecular formula is C13H18N4O2. The average Bonchev–Trinajstić information content (AvgIpc) is 2.81. The van der Waals surface area contributed by atoms with E-state index < -0.39 is 0 Å². The number of carbonyl (C=O) groups excluding carboxylic acids is 1. The van der Waals surface area contributed by atoms with E-state index in [4.69, 9.17) is 0 Å². The summed E-state index contributed by atoms with van der Waals surface area (Å²) in [5.41, 5.74) is 0.306. The maximum absolute atomic E-state index is 12.0. The lowest BCUT2D eigenvalue weighted by molar-refractivity contribution is 0.0904. The van der Waals surface area contributed by atoms with E-state index in [0.29, 0.717) is 17.4 Å². The minimum atomic E-state index is -0.287. The van der Waals surface area contributed by atoms with Crippen molar-refractivity contribution < 1.29 is 9.90 Å². The number of imidazole rings is 1. The number of fused-ring (bicyclic) bond motifs is 1. The van der Waals surface area contributed by atoms with Crippen molar-refractivity contribution in [3.05, 3.63) is 30.4 Å². The summed E-state index contributed by atoms with van der Waals surface area (Å²) >= 11 is 0. The van der Waals surface area contributed by atoms with Crippen molar-refractivity contribution in [1.29, 1.82) is 0 Å². The van der Waals surface area contributed by atoms with Gasteiger partial charge in [0, 0.05) is 18.6 Å². The quantitative estimate of drug-likeness (QED) is 0.837. The molecule has 0 fully saturated rings. The van der Waals surface area contributed by atoms with Crippen LogP contribution in [0.4, 0.5) is 0 Å². The van der Waals surface area contributed by atoms with E-state index in [1.807, 2.05) is 13.8 Å². The minimum Gasteiger partial charge on any atom is -0.394 e. The van der Waals surface area contributed by atoms with Gasteiger partial charge in [0.2, 0.25) is 5.78 Å². The van der Waals surface area contributed by atoms with Crippen LogP contribution < -0.4 is 5.32 Å². The van der Waals surface area contributed by atoms with Gasteiger partial charge in [-0.1, -0.05) is 13.8 Å². The number of nitrogens with one attached hydrogen (secondary N) is 1. The molecule has 0 saturated heterocycles. The van der Waals surface area contributed by atoms with Gasteiger partial charge in [-0.05, 0) is 18.4 Å². The lowest BCUT2D eigenvalue weighted by atomic mass is 10.0. The van der Waals surface area contributed by atoms with Crippen molar-refractivity contribution in [2.24, 2.45) is 5.92 Å². The molecule has 0 aromatic carbocycles. The molecule has 19 heavy (non-hydrogen) atoms. The molecule has 1 unspecified atom stereocenters. The van der Waals surface area contributed by atoms with Crippen molar-refractivity contribution in [2.45, 2.75) is 26.3 Å². The molecule has 0 aliphatic rings. The van der Waals surface area contributed by atoms with Crippen LogP contribution in [-0.2, 0) is 0 Å². The zero-order chi connectivity index (χ0) is 13.8. The Bertz CT molecular complexity index is 532. The van der Waals surface area contributed by atoms with E-state index in [1.54, 1.807) is 29.1 Å². The maximum atomic E-state index is 12.0. The first-order valence-electron chi connectivity index (χ1n) is 6.31. The fourth-order valence-corrected chi connectivity index (χ4v) is 1.95. The number of aromatic nitrogens is 3. The summed E-state index contributed by atoms with van der Waals surface area (Å²) < 4.78 is 1.69. The van der Waals surface area contributed by atoms with E-state index in [-0.39, 0.29) is 18.6 Å². The predicted octanol–water partition coefficient (Wildman–Crippen LogP) is 0.866. The fraction of sp³-hybridized carbons (Fsp3) is 0.462. The SMILES string of the molecule is CC(C)CC(CO)NC(=O)c1cn2cccnc2n1. The first-order chi connectivity index (χ1) is 9.10. The van der Waals surface area contributed by atoms with Gasteiger partial charge in [-0.3, -0.25) is 9.20 Å². The Morgan fingerprint density at radius 2 is 2.32 bits per heavy atom. The zero-order valence-electron chi connectivity index (χ0n) is 11.1. The third-order valence-corrected chi connectivity index (χ3v) is 2.78. The lowest BCUT2D eigenvalue weighted by Crippen LogP contribution is -2.38. The van der Waals surface area contributed by atoms with E-state index in [9.17, 15) is 9.90 Å². The van der Waals surface area contributed by atoms with Crippen molar-refractivity contribution in [3.63, 3.8) is 0 Å². The van der Waals surface area contributed by atoms with Crippen LogP contribution in [0.5, 0.6) is 0 Å². The average molecular weight is 262 g/mol. The van der Waals surface area contributed by atoms with Crippen LogP contribution >= 0.6 is 0 Å². The summed E-state index contributed by atoms with van der Waals surface area (Å²) in [6, 6.07) is 1.52. The van der Waals surface area contributed by atoms with Gasteiger partial charge >= 0.3 is 0 Å². The molecule has 0 aliphatic heterocycles. The molecule has 0 radical (unpaired) electrons. The molecule has 0 bridgehead atoms. The second-order valence-corrected chi connectivity index (χ2v) is 4.94. The molecule has 102 valence electrons. The molecule has 2 heterocycles. The van der Waals surface area contributed by atoms with E-state index >= 15 is 0 Å². The van der Waals surface area contributed by atoms with Crippen molar-refractivity contribution >= 4 is 11.7 Å². The molecule has 0 spiro atoms. The smallest absolute Gasteiger partial charge is 0.271 e. The standard InChI is InChI=1S/C13H18N4O2/c1-9(2)6-10(8-18)15-12(19)11-7-17-5-3-4-14-13(17)16-11/h3-5,7,9-10,18H,6,8H2,1-2H3,(H,15,19). The van der Waals surface area contributed by atoms with Gasteiger partial charge in [0.1, 0.15) is 5.69 Å². The second-order valence-electron chi connectivity index (χ2n) is 4.94. The molecular weight excluding hydrogens is 244 g/mol. The fourth-order valence-electron chi connectivity index (χ4n) is 1.95. The monoisotopic (exact) mass is 262 g/mol. The highest BCUT2D eigenvalue weighted by molar-refractivity contribution is 5.92. The highest BCUT2D eigenvalue weighted by Crippen LogP contribution is 2.06. The molecule has 2 aromatic heterocycles. The van der Waals surface area contributed by atoms with Gasteiger partial charge < -0.3 is 10.4 Å². The number of carbonyl (C=O) groups is 1. The van der Waals surface area contributed by atoms with Gasteiger partial charge in [-0.25, -0.2) is 9.97 Å². The Kier molecular flexibility index (Phi) is 4.11. The Morgan fingerprint density at radius 3 is 2.95 bits per heavy atom. The third-order valence-electron chi connectivity index (χ3n) is 2.78. The van der Waals surface area contributed by atoms with Crippen LogP contribution in [0.2, 0.25) is 0 Å². The Hall–Kier alpha value is -1.95. The van der Waals surface area contributed by atoms with Gasteiger partial charge in [-0.2, -0.15) is 0 Å². The van der Waals surface area contributed by atoms with Crippen molar-refractivity contribution in [3.8, 4) is 0 Å². The van der Waals surface area contributed by atoms with E-state index in [1.165, 1.54) is 0 Å². The Balaban J connectivity index is 2.10. The first kappa shape index (κ1) is 13.5. The first-order valence-corrected chi connectivity index (χ1v) is 6.31. The number of aliphatic hydroxyl groups excluding tert-OH is 1. The van der Waals surface area contributed by atoms with Gasteiger partial charge in [0.05, 0.1) is 12.6 Å². The summed E-state index contributed by atoms with van der Waals surface area (Å²) in [4.78, 5) is 20.2. The number of nitrogens with zero attached hydrogens (tertiary/aromatic N) is 3. The van der Waals surface area contributed by atoms with Crippen LogP contribution in [-0.4, -0.2) is 38.0 Å². The van der Waals surface area contributed by atoms with Gasteiger partial charge in [0.25, 0.3) is 5.91 Å². The number of hydrogen-bond donors (Lipinski definition) is 2. The van der Waals surface area contributed by atoms with Gasteiger partial charge in [0.15, 0.2) is 0 Å². The number of amides is 1. The van der Waals surface area contributed by atoms with E-state index in [0.717, 1.165) is 6.42 Å². The molecule has 6 heteroatoms. The van der Waals surface area contributed by atoms with Crippen LogP contribution in [0.3, 0.4) is 0 Å². The largest absolute Gasteiger partial charge is 0.394 e. The molecule has 0 saturated carbocycles. The highest BCUT2D eigenvalue weighted by Gasteiger charge is 2.16. The highest BCUT2D eigenvalue weighted by atomic mass is 16.3. The normalized spacial score (nSPS) is 12.8. The molecule has 2 rings (SSSR count). The Morgan fingerprint density at radius 1 is 1.53 bits per heavy atom. The van der Waals surface area contributed by atoms with Gasteiger partial charge in [-0.15, -0.1) is 0 Å². The minimum absolute atomic E-state index is 0.0739. The summed E-state index contributed by atoms with van der Waals surface area (Å²) in [6.07, 6.45) is 5.76. The molecule has 2 aromatic rings. The van der Waals surface area contributed by atoms with Crippen molar-refractivity contribution in [2.75, 3.05) is 6.61 Å². The lowest BCUT2D eigenvalue weighted by Gasteiger charge is -2.17. The number of rotatable bonds is 5. The summed E-state index contributed by atoms with van der Waals surface area (Å²) in [5, 5.41) is 12.0. The molecule has 1 atom stereocenters.